The zero-order valence-electron chi connectivity index (χ0n) is 6.45. The van der Waals surface area contributed by atoms with E-state index in [0.29, 0.717) is 18.7 Å². The van der Waals surface area contributed by atoms with Crippen LogP contribution in [-0.2, 0) is 11.3 Å². The lowest BCUT2D eigenvalue weighted by Gasteiger charge is -1.95. The van der Waals surface area contributed by atoms with Crippen molar-refractivity contribution in [2.45, 2.75) is 19.9 Å². The van der Waals surface area contributed by atoms with Crippen LogP contribution in [0.1, 0.15) is 13.3 Å². The van der Waals surface area contributed by atoms with Crippen molar-refractivity contribution >= 4 is 11.5 Å². The van der Waals surface area contributed by atoms with E-state index in [2.05, 4.69) is 5.10 Å². The third kappa shape index (κ3) is 2.07. The van der Waals surface area contributed by atoms with Crippen LogP contribution in [0.4, 0.5) is 5.69 Å². The lowest BCUT2D eigenvalue weighted by atomic mass is 10.3. The number of ketones is 1. The lowest BCUT2D eigenvalue weighted by molar-refractivity contribution is -0.119. The Bertz CT molecular complexity index is 254. The first kappa shape index (κ1) is 7.78. The molecule has 0 aliphatic rings. The number of Topliss-reactive ketones (excluding diaryl/α,β-unsaturated/α-hetero) is 1. The predicted octanol–water partition coefficient (Wildman–Crippen LogP) is 0.444. The second kappa shape index (κ2) is 3.18. The van der Waals surface area contributed by atoms with Crippen LogP contribution in [0.3, 0.4) is 0 Å². The summed E-state index contributed by atoms with van der Waals surface area (Å²) in [4.78, 5) is 10.9. The van der Waals surface area contributed by atoms with Gasteiger partial charge in [-0.1, -0.05) is 6.92 Å². The topological polar surface area (TPSA) is 60.9 Å². The molecule has 4 heteroatoms. The van der Waals surface area contributed by atoms with Crippen molar-refractivity contribution in [3.63, 3.8) is 0 Å². The molecule has 0 amide bonds. The number of rotatable bonds is 3. The molecule has 60 valence electrons. The Morgan fingerprint density at radius 3 is 3.00 bits per heavy atom. The van der Waals surface area contributed by atoms with Crippen molar-refractivity contribution in [1.29, 1.82) is 0 Å². The molecule has 2 N–H and O–H groups in total. The van der Waals surface area contributed by atoms with Crippen LogP contribution in [0.5, 0.6) is 0 Å². The van der Waals surface area contributed by atoms with Gasteiger partial charge >= 0.3 is 0 Å². The van der Waals surface area contributed by atoms with Gasteiger partial charge in [-0.3, -0.25) is 9.48 Å². The molecule has 1 aromatic heterocycles. The van der Waals surface area contributed by atoms with E-state index in [1.54, 1.807) is 10.9 Å². The first-order chi connectivity index (χ1) is 5.22. The van der Waals surface area contributed by atoms with Crippen LogP contribution in [0.15, 0.2) is 12.4 Å². The van der Waals surface area contributed by atoms with Crippen LogP contribution in [0, 0.1) is 0 Å². The Kier molecular flexibility index (Phi) is 2.25. The molecule has 1 heterocycles. The lowest BCUT2D eigenvalue weighted by Crippen LogP contribution is -2.08. The number of nitrogens with two attached hydrogens (primary N) is 1. The summed E-state index contributed by atoms with van der Waals surface area (Å²) in [7, 11) is 0. The van der Waals surface area contributed by atoms with Gasteiger partial charge in [0.15, 0.2) is 5.78 Å². The van der Waals surface area contributed by atoms with Crippen molar-refractivity contribution in [2.75, 3.05) is 5.73 Å². The van der Waals surface area contributed by atoms with Crippen molar-refractivity contribution in [3.8, 4) is 0 Å². The van der Waals surface area contributed by atoms with Crippen LogP contribution in [0.2, 0.25) is 0 Å². The Labute approximate surface area is 65.0 Å². The van der Waals surface area contributed by atoms with E-state index in [0.717, 1.165) is 0 Å². The maximum Gasteiger partial charge on any atom is 0.154 e. The van der Waals surface area contributed by atoms with E-state index >= 15 is 0 Å². The Hall–Kier alpha value is -1.32. The summed E-state index contributed by atoms with van der Waals surface area (Å²) >= 11 is 0. The van der Waals surface area contributed by atoms with Crippen molar-refractivity contribution in [1.82, 2.24) is 9.78 Å². The molecule has 0 fully saturated rings. The quantitative estimate of drug-likeness (QED) is 0.685. The number of anilines is 1. The summed E-state index contributed by atoms with van der Waals surface area (Å²) in [6, 6.07) is 0. The summed E-state index contributed by atoms with van der Waals surface area (Å²) in [5.41, 5.74) is 5.99. The molecule has 4 nitrogen and oxygen atoms in total. The van der Waals surface area contributed by atoms with E-state index in [1.165, 1.54) is 6.20 Å². The van der Waals surface area contributed by atoms with E-state index in [-0.39, 0.29) is 5.78 Å². The fourth-order valence-electron chi connectivity index (χ4n) is 0.759. The number of nitrogen functional groups attached to an aromatic ring is 1. The third-order valence-corrected chi connectivity index (χ3v) is 1.39. The monoisotopic (exact) mass is 153 g/mol. The summed E-state index contributed by atoms with van der Waals surface area (Å²) in [6.45, 7) is 2.16. The average molecular weight is 153 g/mol. The summed E-state index contributed by atoms with van der Waals surface area (Å²) in [6.07, 6.45) is 3.72. The van der Waals surface area contributed by atoms with E-state index in [1.807, 2.05) is 6.92 Å². The average Bonchev–Trinajstić information content (AvgIpc) is 2.35. The van der Waals surface area contributed by atoms with Gasteiger partial charge in [-0.15, -0.1) is 0 Å². The highest BCUT2D eigenvalue weighted by Crippen LogP contribution is 1.97. The minimum Gasteiger partial charge on any atom is -0.396 e. The molecule has 0 unspecified atom stereocenters. The molecule has 11 heavy (non-hydrogen) atoms. The first-order valence-electron chi connectivity index (χ1n) is 3.52. The zero-order chi connectivity index (χ0) is 8.27. The SMILES string of the molecule is CCC(=O)Cn1cc(N)cn1. The number of nitrogens with zero attached hydrogens (tertiary/aromatic N) is 2. The second-order valence-corrected chi connectivity index (χ2v) is 2.36. The summed E-state index contributed by atoms with van der Waals surface area (Å²) < 4.78 is 1.54. The molecule has 0 bridgehead atoms. The summed E-state index contributed by atoms with van der Waals surface area (Å²) in [5.74, 6) is 0.160. The smallest absolute Gasteiger partial charge is 0.154 e. The summed E-state index contributed by atoms with van der Waals surface area (Å²) in [5, 5.41) is 3.87. The van der Waals surface area contributed by atoms with Gasteiger partial charge in [-0.2, -0.15) is 5.10 Å². The molecule has 1 aromatic rings. The van der Waals surface area contributed by atoms with Gasteiger partial charge in [0, 0.05) is 12.6 Å². The second-order valence-electron chi connectivity index (χ2n) is 2.36. The third-order valence-electron chi connectivity index (χ3n) is 1.39. The fraction of sp³-hybridized carbons (Fsp3) is 0.429. The molecule has 0 radical (unpaired) electrons. The molecule has 0 atom stereocenters. The Balaban J connectivity index is 2.57. The molecular formula is C7H11N3O. The molecule has 0 saturated heterocycles. The van der Waals surface area contributed by atoms with Crippen molar-refractivity contribution in [2.24, 2.45) is 0 Å². The van der Waals surface area contributed by atoms with Crippen LogP contribution in [0.25, 0.3) is 0 Å². The largest absolute Gasteiger partial charge is 0.396 e. The molecule has 0 aliphatic carbocycles. The number of hydrogen-bond acceptors (Lipinski definition) is 3. The van der Waals surface area contributed by atoms with Gasteiger partial charge < -0.3 is 5.73 Å². The fourth-order valence-corrected chi connectivity index (χ4v) is 0.759. The molecular weight excluding hydrogens is 142 g/mol. The highest BCUT2D eigenvalue weighted by atomic mass is 16.1. The van der Waals surface area contributed by atoms with Gasteiger partial charge in [0.05, 0.1) is 18.4 Å². The molecule has 0 spiro atoms. The minimum absolute atomic E-state index is 0.160. The Morgan fingerprint density at radius 2 is 2.55 bits per heavy atom. The number of carbonyl (C=O) groups excluding carboxylic acids is 1. The van der Waals surface area contributed by atoms with E-state index in [9.17, 15) is 4.79 Å². The molecule has 1 rings (SSSR count). The first-order valence-corrected chi connectivity index (χ1v) is 3.52. The standard InChI is InChI=1S/C7H11N3O/c1-2-7(11)5-10-4-6(8)3-9-10/h3-4H,2,5,8H2,1H3. The normalized spacial score (nSPS) is 9.91. The molecule has 0 saturated carbocycles. The maximum absolute atomic E-state index is 10.9. The number of carbonyl (C=O) groups is 1. The van der Waals surface area contributed by atoms with Gasteiger partial charge in [-0.25, -0.2) is 0 Å². The number of hydrogen-bond donors (Lipinski definition) is 1. The van der Waals surface area contributed by atoms with E-state index in [4.69, 9.17) is 5.73 Å². The van der Waals surface area contributed by atoms with Gasteiger partial charge in [0.2, 0.25) is 0 Å². The minimum atomic E-state index is 0.160. The highest BCUT2D eigenvalue weighted by Gasteiger charge is 1.99. The van der Waals surface area contributed by atoms with E-state index < -0.39 is 0 Å². The maximum atomic E-state index is 10.9. The van der Waals surface area contributed by atoms with Crippen LogP contribution in [-0.4, -0.2) is 15.6 Å². The van der Waals surface area contributed by atoms with Gasteiger partial charge in [0.1, 0.15) is 0 Å². The van der Waals surface area contributed by atoms with Gasteiger partial charge in [0.25, 0.3) is 0 Å². The van der Waals surface area contributed by atoms with Gasteiger partial charge in [-0.05, 0) is 0 Å². The molecule has 0 aliphatic heterocycles. The van der Waals surface area contributed by atoms with Crippen molar-refractivity contribution < 1.29 is 4.79 Å². The van der Waals surface area contributed by atoms with Crippen molar-refractivity contribution in [3.05, 3.63) is 12.4 Å². The Morgan fingerprint density at radius 1 is 1.82 bits per heavy atom. The molecule has 0 aromatic carbocycles. The number of aromatic nitrogens is 2. The van der Waals surface area contributed by atoms with Crippen LogP contribution < -0.4 is 5.73 Å². The predicted molar refractivity (Wildman–Crippen MR) is 41.9 cm³/mol. The van der Waals surface area contributed by atoms with Crippen LogP contribution >= 0.6 is 0 Å². The zero-order valence-corrected chi connectivity index (χ0v) is 6.45. The highest BCUT2D eigenvalue weighted by molar-refractivity contribution is 5.77.